The fraction of sp³-hybridized carbons (Fsp3) is 0.214. The van der Waals surface area contributed by atoms with Crippen LogP contribution in [0.3, 0.4) is 0 Å². The van der Waals surface area contributed by atoms with Gasteiger partial charge in [0.2, 0.25) is 5.91 Å². The first-order valence-electron chi connectivity index (χ1n) is 5.95. The highest BCUT2D eigenvalue weighted by Crippen LogP contribution is 2.15. The predicted molar refractivity (Wildman–Crippen MR) is 75.5 cm³/mol. The molecule has 98 valence electrons. The predicted octanol–water partition coefficient (Wildman–Crippen LogP) is 3.05. The van der Waals surface area contributed by atoms with Crippen LogP contribution in [0.2, 0.25) is 0 Å². The highest BCUT2D eigenvalue weighted by Gasteiger charge is 2.10. The number of rotatable bonds is 5. The molecule has 1 aromatic carbocycles. The van der Waals surface area contributed by atoms with Crippen molar-refractivity contribution < 1.29 is 9.59 Å². The summed E-state index contributed by atoms with van der Waals surface area (Å²) in [5.41, 5.74) is 1.51. The number of carbonyl (C=O) groups excluding carboxylic acids is 2. The van der Waals surface area contributed by atoms with Gasteiger partial charge in [0.15, 0.2) is 10.9 Å². The molecule has 0 unspecified atom stereocenters. The average Bonchev–Trinajstić information content (AvgIpc) is 2.82. The number of aromatic nitrogens is 1. The van der Waals surface area contributed by atoms with Crippen LogP contribution >= 0.6 is 11.3 Å². The van der Waals surface area contributed by atoms with Gasteiger partial charge in [0.25, 0.3) is 0 Å². The Hall–Kier alpha value is -2.01. The molecule has 0 aliphatic carbocycles. The third-order valence-electron chi connectivity index (χ3n) is 2.54. The molecule has 0 radical (unpaired) electrons. The lowest BCUT2D eigenvalue weighted by Crippen LogP contribution is -2.13. The molecule has 19 heavy (non-hydrogen) atoms. The van der Waals surface area contributed by atoms with Gasteiger partial charge in [0.05, 0.1) is 5.69 Å². The number of nitrogens with one attached hydrogen (secondary N) is 1. The third-order valence-corrected chi connectivity index (χ3v) is 3.42. The fourth-order valence-corrected chi connectivity index (χ4v) is 2.29. The summed E-state index contributed by atoms with van der Waals surface area (Å²) in [7, 11) is 0. The first-order chi connectivity index (χ1) is 9.15. The zero-order chi connectivity index (χ0) is 13.7. The topological polar surface area (TPSA) is 59.1 Å². The maximum Gasteiger partial charge on any atom is 0.226 e. The molecule has 0 bridgehead atoms. The molecular weight excluding hydrogens is 260 g/mol. The Labute approximate surface area is 115 Å². The van der Waals surface area contributed by atoms with Crippen LogP contribution in [-0.2, 0) is 4.79 Å². The van der Waals surface area contributed by atoms with E-state index >= 15 is 0 Å². The molecule has 2 rings (SSSR count). The van der Waals surface area contributed by atoms with Crippen molar-refractivity contribution in [2.75, 3.05) is 5.32 Å². The first kappa shape index (κ1) is 13.4. The molecule has 2 aromatic rings. The summed E-state index contributed by atoms with van der Waals surface area (Å²) in [5.74, 6) is -0.204. The molecule has 5 heteroatoms. The summed E-state index contributed by atoms with van der Waals surface area (Å²) in [6.07, 6.45) is 0.382. The van der Waals surface area contributed by atoms with Crippen LogP contribution in [0.4, 0.5) is 5.13 Å². The Balaban J connectivity index is 1.82. The van der Waals surface area contributed by atoms with Crippen molar-refractivity contribution in [2.45, 2.75) is 19.8 Å². The van der Waals surface area contributed by atoms with E-state index in [4.69, 9.17) is 0 Å². The van der Waals surface area contributed by atoms with Gasteiger partial charge in [-0.15, -0.1) is 11.3 Å². The van der Waals surface area contributed by atoms with Crippen molar-refractivity contribution >= 4 is 28.2 Å². The van der Waals surface area contributed by atoms with Crippen molar-refractivity contribution in [3.63, 3.8) is 0 Å². The molecule has 0 aliphatic heterocycles. The number of carbonyl (C=O) groups is 2. The maximum atomic E-state index is 11.8. The lowest BCUT2D eigenvalue weighted by atomic mass is 10.1. The van der Waals surface area contributed by atoms with Gasteiger partial charge in [-0.3, -0.25) is 9.59 Å². The Morgan fingerprint density at radius 2 is 1.95 bits per heavy atom. The van der Waals surface area contributed by atoms with Crippen LogP contribution < -0.4 is 5.32 Å². The molecular formula is C14H14N2O2S. The average molecular weight is 274 g/mol. The number of thiazole rings is 1. The van der Waals surface area contributed by atoms with Gasteiger partial charge in [-0.05, 0) is 6.92 Å². The SMILES string of the molecule is Cc1csc(NC(=O)CCC(=O)c2ccccc2)n1. The summed E-state index contributed by atoms with van der Waals surface area (Å²) in [6, 6.07) is 8.99. The Morgan fingerprint density at radius 1 is 1.21 bits per heavy atom. The molecule has 0 aliphatic rings. The number of ketones is 1. The molecule has 0 spiro atoms. The van der Waals surface area contributed by atoms with Crippen LogP contribution in [0.15, 0.2) is 35.7 Å². The van der Waals surface area contributed by atoms with Crippen molar-refractivity contribution in [3.8, 4) is 0 Å². The summed E-state index contributed by atoms with van der Waals surface area (Å²) in [4.78, 5) is 27.6. The van der Waals surface area contributed by atoms with Gasteiger partial charge in [0, 0.05) is 23.8 Å². The fourth-order valence-electron chi connectivity index (χ4n) is 1.59. The van der Waals surface area contributed by atoms with Crippen molar-refractivity contribution in [2.24, 2.45) is 0 Å². The number of benzene rings is 1. The van der Waals surface area contributed by atoms with Crippen LogP contribution in [0.5, 0.6) is 0 Å². The summed E-state index contributed by atoms with van der Waals surface area (Å²) in [5, 5.41) is 5.13. The van der Waals surface area contributed by atoms with E-state index in [1.54, 1.807) is 12.1 Å². The van der Waals surface area contributed by atoms with E-state index in [0.29, 0.717) is 10.7 Å². The molecule has 4 nitrogen and oxygen atoms in total. The molecule has 0 atom stereocenters. The molecule has 1 amide bonds. The monoisotopic (exact) mass is 274 g/mol. The second kappa shape index (κ2) is 6.24. The van der Waals surface area contributed by atoms with E-state index in [1.165, 1.54) is 11.3 Å². The number of hydrogen-bond donors (Lipinski definition) is 1. The second-order valence-electron chi connectivity index (χ2n) is 4.13. The molecule has 0 saturated heterocycles. The first-order valence-corrected chi connectivity index (χ1v) is 6.83. The molecule has 0 saturated carbocycles. The van der Waals surface area contributed by atoms with Gasteiger partial charge in [-0.2, -0.15) is 0 Å². The minimum absolute atomic E-state index is 0.0222. The molecule has 0 fully saturated rings. The van der Waals surface area contributed by atoms with E-state index in [9.17, 15) is 9.59 Å². The number of aryl methyl sites for hydroxylation is 1. The number of hydrogen-bond acceptors (Lipinski definition) is 4. The van der Waals surface area contributed by atoms with Gasteiger partial charge < -0.3 is 5.32 Å². The van der Waals surface area contributed by atoms with Crippen molar-refractivity contribution in [1.82, 2.24) is 4.98 Å². The molecule has 1 heterocycles. The Morgan fingerprint density at radius 3 is 2.58 bits per heavy atom. The molecule has 1 aromatic heterocycles. The standard InChI is InChI=1S/C14H14N2O2S/c1-10-9-19-14(15-10)16-13(18)8-7-12(17)11-5-3-2-4-6-11/h2-6,9H,7-8H2,1H3,(H,15,16,18). The van der Waals surface area contributed by atoms with E-state index in [1.807, 2.05) is 30.5 Å². The van der Waals surface area contributed by atoms with Crippen molar-refractivity contribution in [3.05, 3.63) is 47.0 Å². The lowest BCUT2D eigenvalue weighted by molar-refractivity contribution is -0.116. The van der Waals surface area contributed by atoms with Crippen molar-refractivity contribution in [1.29, 1.82) is 0 Å². The van der Waals surface area contributed by atoms with Gasteiger partial charge in [-0.25, -0.2) is 4.98 Å². The lowest BCUT2D eigenvalue weighted by Gasteiger charge is -2.01. The number of Topliss-reactive ketones (excluding diaryl/α,β-unsaturated/α-hetero) is 1. The largest absolute Gasteiger partial charge is 0.302 e. The van der Waals surface area contributed by atoms with Crippen LogP contribution in [0.1, 0.15) is 28.9 Å². The van der Waals surface area contributed by atoms with E-state index in [2.05, 4.69) is 10.3 Å². The zero-order valence-electron chi connectivity index (χ0n) is 10.6. The Bertz CT molecular complexity index is 578. The minimum atomic E-state index is -0.182. The number of nitrogens with zero attached hydrogens (tertiary/aromatic N) is 1. The summed E-state index contributed by atoms with van der Waals surface area (Å²) < 4.78 is 0. The van der Waals surface area contributed by atoms with Gasteiger partial charge >= 0.3 is 0 Å². The normalized spacial score (nSPS) is 10.2. The van der Waals surface area contributed by atoms with Gasteiger partial charge in [0.1, 0.15) is 0 Å². The quantitative estimate of drug-likeness (QED) is 0.852. The van der Waals surface area contributed by atoms with E-state index in [-0.39, 0.29) is 24.5 Å². The number of amides is 1. The third kappa shape index (κ3) is 3.99. The smallest absolute Gasteiger partial charge is 0.226 e. The highest BCUT2D eigenvalue weighted by molar-refractivity contribution is 7.13. The highest BCUT2D eigenvalue weighted by atomic mass is 32.1. The van der Waals surface area contributed by atoms with Gasteiger partial charge in [-0.1, -0.05) is 30.3 Å². The minimum Gasteiger partial charge on any atom is -0.302 e. The summed E-state index contributed by atoms with van der Waals surface area (Å²) in [6.45, 7) is 1.87. The van der Waals surface area contributed by atoms with Crippen LogP contribution in [0, 0.1) is 6.92 Å². The van der Waals surface area contributed by atoms with Crippen LogP contribution in [0.25, 0.3) is 0 Å². The van der Waals surface area contributed by atoms with Crippen LogP contribution in [-0.4, -0.2) is 16.7 Å². The maximum absolute atomic E-state index is 11.8. The van der Waals surface area contributed by atoms with E-state index < -0.39 is 0 Å². The number of anilines is 1. The Kier molecular flexibility index (Phi) is 4.41. The van der Waals surface area contributed by atoms with E-state index in [0.717, 1.165) is 5.69 Å². The zero-order valence-corrected chi connectivity index (χ0v) is 11.4. The second-order valence-corrected chi connectivity index (χ2v) is 4.99. The summed E-state index contributed by atoms with van der Waals surface area (Å²) >= 11 is 1.38. The molecule has 1 N–H and O–H groups in total.